The summed E-state index contributed by atoms with van der Waals surface area (Å²) in [7, 11) is 0. The zero-order valence-electron chi connectivity index (χ0n) is 13.5. The van der Waals surface area contributed by atoms with E-state index in [0.29, 0.717) is 18.1 Å². The highest BCUT2D eigenvalue weighted by Crippen LogP contribution is 2.53. The molecular formula is C17H19N3O4. The predicted molar refractivity (Wildman–Crippen MR) is 83.1 cm³/mol. The Kier molecular flexibility index (Phi) is 2.78. The summed E-state index contributed by atoms with van der Waals surface area (Å²) >= 11 is 0. The van der Waals surface area contributed by atoms with E-state index in [0.717, 1.165) is 25.9 Å². The molecule has 2 bridgehead atoms. The van der Waals surface area contributed by atoms with Crippen LogP contribution >= 0.6 is 0 Å². The molecule has 5 rings (SSSR count). The Hall–Kier alpha value is -2.15. The predicted octanol–water partition coefficient (Wildman–Crippen LogP) is 0.892. The number of carbonyl (C=O) groups excluding carboxylic acids is 2. The van der Waals surface area contributed by atoms with E-state index in [9.17, 15) is 9.59 Å². The van der Waals surface area contributed by atoms with Crippen LogP contribution in [-0.4, -0.2) is 53.2 Å². The summed E-state index contributed by atoms with van der Waals surface area (Å²) in [6, 6.07) is 1.74. The fraction of sp³-hybridized carbons (Fsp3) is 0.588. The van der Waals surface area contributed by atoms with Crippen molar-refractivity contribution in [3.05, 3.63) is 24.0 Å². The number of hydrogen-bond acceptors (Lipinski definition) is 5. The molecule has 3 fully saturated rings. The maximum atomic E-state index is 13.1. The molecule has 1 aromatic heterocycles. The van der Waals surface area contributed by atoms with Crippen molar-refractivity contribution in [1.29, 1.82) is 0 Å². The third kappa shape index (κ3) is 1.73. The van der Waals surface area contributed by atoms with Crippen molar-refractivity contribution < 1.29 is 18.8 Å². The zero-order valence-corrected chi connectivity index (χ0v) is 13.5. The Bertz CT molecular complexity index is 751. The van der Waals surface area contributed by atoms with Gasteiger partial charge >= 0.3 is 0 Å². The van der Waals surface area contributed by atoms with Gasteiger partial charge in [0.15, 0.2) is 5.82 Å². The van der Waals surface area contributed by atoms with Gasteiger partial charge in [-0.1, -0.05) is 17.3 Å². The maximum absolute atomic E-state index is 13.1. The van der Waals surface area contributed by atoms with E-state index in [1.807, 2.05) is 17.1 Å². The van der Waals surface area contributed by atoms with Crippen LogP contribution in [0.2, 0.25) is 0 Å². The Labute approximate surface area is 139 Å². The van der Waals surface area contributed by atoms with E-state index in [-0.39, 0.29) is 17.9 Å². The van der Waals surface area contributed by atoms with Crippen molar-refractivity contribution in [3.63, 3.8) is 0 Å². The highest BCUT2D eigenvalue weighted by atomic mass is 16.5. The van der Waals surface area contributed by atoms with Gasteiger partial charge in [-0.3, -0.25) is 14.5 Å². The molecule has 0 saturated carbocycles. The van der Waals surface area contributed by atoms with Crippen molar-refractivity contribution >= 4 is 17.6 Å². The second-order valence-corrected chi connectivity index (χ2v) is 7.15. The van der Waals surface area contributed by atoms with E-state index < -0.39 is 17.4 Å². The van der Waals surface area contributed by atoms with Crippen molar-refractivity contribution in [2.24, 2.45) is 11.8 Å². The normalized spacial score (nSPS) is 36.9. The first-order valence-corrected chi connectivity index (χ1v) is 8.50. The van der Waals surface area contributed by atoms with Crippen LogP contribution in [0.25, 0.3) is 0 Å². The molecule has 4 atom stereocenters. The third-order valence-electron chi connectivity index (χ3n) is 5.70. The average Bonchev–Trinajstić information content (AvgIpc) is 3.34. The first-order chi connectivity index (χ1) is 11.6. The van der Waals surface area contributed by atoms with Gasteiger partial charge in [0.1, 0.15) is 11.4 Å². The number of anilines is 1. The summed E-state index contributed by atoms with van der Waals surface area (Å²) in [5.41, 5.74) is -0.700. The molecular weight excluding hydrogens is 310 g/mol. The zero-order chi connectivity index (χ0) is 16.5. The average molecular weight is 329 g/mol. The van der Waals surface area contributed by atoms with E-state index in [1.165, 1.54) is 0 Å². The lowest BCUT2D eigenvalue weighted by Crippen LogP contribution is -2.45. The summed E-state index contributed by atoms with van der Waals surface area (Å²) in [5.74, 6) is 0.232. The summed E-state index contributed by atoms with van der Waals surface area (Å²) in [5, 5.41) is 3.96. The van der Waals surface area contributed by atoms with Crippen LogP contribution in [0.15, 0.2) is 22.7 Å². The van der Waals surface area contributed by atoms with Crippen molar-refractivity contribution in [1.82, 2.24) is 10.1 Å². The monoisotopic (exact) mass is 329 g/mol. The van der Waals surface area contributed by atoms with E-state index >= 15 is 0 Å². The molecule has 5 heterocycles. The molecule has 4 aliphatic heterocycles. The van der Waals surface area contributed by atoms with Crippen molar-refractivity contribution in [3.8, 4) is 0 Å². The van der Waals surface area contributed by atoms with Crippen molar-refractivity contribution in [2.45, 2.75) is 31.5 Å². The molecule has 7 heteroatoms. The standard InChI is InChI=1S/C17H19N3O4/c1-10-8-12(18-24-10)20-9-17-5-4-11(23-17)13(14(17)16(20)22)15(21)19-6-2-3-7-19/h4-5,8,11,13-14H,2-3,6-7,9H2,1H3/t11-,13-,14-,17-/m1/s1. The van der Waals surface area contributed by atoms with Crippen molar-refractivity contribution in [2.75, 3.05) is 24.5 Å². The number of rotatable bonds is 2. The van der Waals surface area contributed by atoms with Crippen LogP contribution < -0.4 is 4.90 Å². The summed E-state index contributed by atoms with van der Waals surface area (Å²) in [6.45, 7) is 3.74. The number of aromatic nitrogens is 1. The number of likely N-dealkylation sites (tertiary alicyclic amines) is 1. The lowest BCUT2D eigenvalue weighted by molar-refractivity contribution is -0.139. The number of hydrogen-bond donors (Lipinski definition) is 0. The molecule has 2 amide bonds. The molecule has 0 unspecified atom stereocenters. The Morgan fingerprint density at radius 2 is 2.17 bits per heavy atom. The summed E-state index contributed by atoms with van der Waals surface area (Å²) in [6.07, 6.45) is 5.69. The largest absolute Gasteiger partial charge is 0.360 e. The summed E-state index contributed by atoms with van der Waals surface area (Å²) < 4.78 is 11.2. The maximum Gasteiger partial charge on any atom is 0.235 e. The molecule has 126 valence electrons. The molecule has 24 heavy (non-hydrogen) atoms. The fourth-order valence-electron chi connectivity index (χ4n) is 4.60. The Morgan fingerprint density at radius 1 is 1.38 bits per heavy atom. The minimum atomic E-state index is -0.700. The highest BCUT2D eigenvalue weighted by molar-refractivity contribution is 6.02. The molecule has 1 aromatic rings. The Morgan fingerprint density at radius 3 is 2.88 bits per heavy atom. The number of fused-ring (bicyclic) bond motifs is 1. The third-order valence-corrected chi connectivity index (χ3v) is 5.70. The van der Waals surface area contributed by atoms with Gasteiger partial charge in [-0.15, -0.1) is 0 Å². The van der Waals surface area contributed by atoms with Crippen LogP contribution in [0.5, 0.6) is 0 Å². The second-order valence-electron chi connectivity index (χ2n) is 7.15. The lowest BCUT2D eigenvalue weighted by atomic mass is 9.76. The van der Waals surface area contributed by atoms with Crippen LogP contribution in [0.4, 0.5) is 5.82 Å². The molecule has 0 radical (unpaired) electrons. The number of ether oxygens (including phenoxy) is 1. The number of nitrogens with zero attached hydrogens (tertiary/aromatic N) is 3. The molecule has 3 saturated heterocycles. The smallest absolute Gasteiger partial charge is 0.235 e. The van der Waals surface area contributed by atoms with E-state index in [1.54, 1.807) is 17.9 Å². The summed E-state index contributed by atoms with van der Waals surface area (Å²) in [4.78, 5) is 29.5. The first-order valence-electron chi connectivity index (χ1n) is 8.50. The molecule has 0 N–H and O–H groups in total. The first kappa shape index (κ1) is 14.2. The quantitative estimate of drug-likeness (QED) is 0.753. The molecule has 1 spiro atoms. The van der Waals surface area contributed by atoms with Crippen LogP contribution in [0.1, 0.15) is 18.6 Å². The lowest BCUT2D eigenvalue weighted by Gasteiger charge is -2.27. The van der Waals surface area contributed by atoms with Gasteiger partial charge in [-0.2, -0.15) is 0 Å². The number of amides is 2. The van der Waals surface area contributed by atoms with Gasteiger partial charge < -0.3 is 14.2 Å². The number of aryl methyl sites for hydroxylation is 1. The SMILES string of the molecule is Cc1cc(N2C[C@@]34C=C[C@@H](O3)[C@@H](C(=O)N3CCCC3)[C@@H]4C2=O)no1. The minimum Gasteiger partial charge on any atom is -0.360 e. The minimum absolute atomic E-state index is 0.0558. The van der Waals surface area contributed by atoms with Gasteiger partial charge in [0, 0.05) is 19.2 Å². The van der Waals surface area contributed by atoms with Gasteiger partial charge in [0.2, 0.25) is 11.8 Å². The molecule has 4 aliphatic rings. The number of carbonyl (C=O) groups is 2. The topological polar surface area (TPSA) is 75.9 Å². The molecule has 0 aromatic carbocycles. The van der Waals surface area contributed by atoms with Gasteiger partial charge in [-0.05, 0) is 19.8 Å². The fourth-order valence-corrected chi connectivity index (χ4v) is 4.60. The second kappa shape index (κ2) is 4.69. The van der Waals surface area contributed by atoms with Gasteiger partial charge in [-0.25, -0.2) is 0 Å². The van der Waals surface area contributed by atoms with E-state index in [4.69, 9.17) is 9.26 Å². The van der Waals surface area contributed by atoms with Crippen LogP contribution in [0, 0.1) is 18.8 Å². The molecule has 0 aliphatic carbocycles. The molecule has 7 nitrogen and oxygen atoms in total. The van der Waals surface area contributed by atoms with Crippen LogP contribution in [-0.2, 0) is 14.3 Å². The van der Waals surface area contributed by atoms with Gasteiger partial charge in [0.05, 0.1) is 24.5 Å². The van der Waals surface area contributed by atoms with Gasteiger partial charge in [0.25, 0.3) is 0 Å². The van der Waals surface area contributed by atoms with Crippen LogP contribution in [0.3, 0.4) is 0 Å². The highest BCUT2D eigenvalue weighted by Gasteiger charge is 2.67. The van der Waals surface area contributed by atoms with E-state index in [2.05, 4.69) is 5.16 Å². The Balaban J connectivity index is 1.49.